The topological polar surface area (TPSA) is 42.8 Å². The first kappa shape index (κ1) is 17.3. The van der Waals surface area contributed by atoms with Gasteiger partial charge in [0, 0.05) is 16.3 Å². The lowest BCUT2D eigenvalue weighted by atomic mass is 10.1. The Balaban J connectivity index is 1.95. The minimum atomic E-state index is -0.0450. The molecule has 0 aliphatic heterocycles. The van der Waals surface area contributed by atoms with Gasteiger partial charge in [0.05, 0.1) is 14.2 Å². The van der Waals surface area contributed by atoms with Gasteiger partial charge in [-0.25, -0.2) is 0 Å². The molecule has 23 heavy (non-hydrogen) atoms. The van der Waals surface area contributed by atoms with Gasteiger partial charge in [0.2, 0.25) is 0 Å². The molecule has 1 unspecified atom stereocenters. The minimum Gasteiger partial charge on any atom is -0.496 e. The third kappa shape index (κ3) is 5.27. The van der Waals surface area contributed by atoms with Crippen molar-refractivity contribution < 1.29 is 14.4 Å². The number of methoxy groups -OCH3 is 1. The Morgan fingerprint density at radius 3 is 2.74 bits per heavy atom. The number of halogens is 1. The van der Waals surface area contributed by atoms with Crippen molar-refractivity contribution in [2.45, 2.75) is 13.5 Å². The van der Waals surface area contributed by atoms with Crippen molar-refractivity contribution in [3.63, 3.8) is 0 Å². The summed E-state index contributed by atoms with van der Waals surface area (Å²) in [5.74, 6) is 0.807. The zero-order valence-corrected chi connectivity index (χ0v) is 14.4. The predicted molar refractivity (Wildman–Crippen MR) is 93.3 cm³/mol. The van der Waals surface area contributed by atoms with Crippen LogP contribution in [0.2, 0.25) is 5.02 Å². The van der Waals surface area contributed by atoms with Crippen LogP contribution in [-0.4, -0.2) is 26.6 Å². The van der Waals surface area contributed by atoms with Gasteiger partial charge >= 0.3 is 0 Å². The van der Waals surface area contributed by atoms with Gasteiger partial charge in [0.25, 0.3) is 5.91 Å². The van der Waals surface area contributed by atoms with Gasteiger partial charge in [0.1, 0.15) is 12.3 Å². The highest BCUT2D eigenvalue weighted by molar-refractivity contribution is 6.30. The summed E-state index contributed by atoms with van der Waals surface area (Å²) in [6.07, 6.45) is 0. The van der Waals surface area contributed by atoms with E-state index in [0.717, 1.165) is 16.2 Å². The first-order chi connectivity index (χ1) is 11.0. The van der Waals surface area contributed by atoms with Crippen LogP contribution in [0.4, 0.5) is 5.69 Å². The quantitative estimate of drug-likeness (QED) is 0.852. The highest BCUT2D eigenvalue weighted by Gasteiger charge is 2.14. The summed E-state index contributed by atoms with van der Waals surface area (Å²) in [5, 5.41) is 3.47. The van der Waals surface area contributed by atoms with E-state index in [2.05, 4.69) is 11.4 Å². The van der Waals surface area contributed by atoms with Crippen molar-refractivity contribution in [3.8, 4) is 5.75 Å². The summed E-state index contributed by atoms with van der Waals surface area (Å²) in [4.78, 5) is 13.2. The Morgan fingerprint density at radius 1 is 1.26 bits per heavy atom. The maximum Gasteiger partial charge on any atom is 0.279 e. The van der Waals surface area contributed by atoms with Crippen molar-refractivity contribution in [2.24, 2.45) is 0 Å². The van der Waals surface area contributed by atoms with Crippen molar-refractivity contribution in [1.29, 1.82) is 0 Å². The number of ether oxygens (including phenoxy) is 1. The van der Waals surface area contributed by atoms with Crippen LogP contribution in [0.15, 0.2) is 42.5 Å². The van der Waals surface area contributed by atoms with Gasteiger partial charge in [-0.05, 0) is 37.3 Å². The van der Waals surface area contributed by atoms with Gasteiger partial charge in [-0.15, -0.1) is 0 Å². The number of anilines is 1. The molecule has 0 aliphatic rings. The van der Waals surface area contributed by atoms with Gasteiger partial charge in [-0.2, -0.15) is 0 Å². The number of benzene rings is 2. The number of nitrogens with one attached hydrogen (secondary N) is 2. The Bertz CT molecular complexity index is 688. The van der Waals surface area contributed by atoms with E-state index >= 15 is 0 Å². The number of amides is 1. The number of carbonyl (C=O) groups excluding carboxylic acids is 1. The van der Waals surface area contributed by atoms with E-state index in [1.54, 1.807) is 19.2 Å². The molecule has 0 aromatic heterocycles. The molecule has 0 heterocycles. The Morgan fingerprint density at radius 2 is 2.04 bits per heavy atom. The normalized spacial score (nSPS) is 11.8. The van der Waals surface area contributed by atoms with E-state index in [4.69, 9.17) is 16.3 Å². The molecule has 0 aliphatic carbocycles. The number of quaternary nitrogens is 1. The maximum absolute atomic E-state index is 12.1. The largest absolute Gasteiger partial charge is 0.496 e. The first-order valence-electron chi connectivity index (χ1n) is 7.48. The molecule has 0 spiro atoms. The molecule has 0 saturated heterocycles. The second kappa shape index (κ2) is 7.99. The van der Waals surface area contributed by atoms with Crippen LogP contribution in [0.5, 0.6) is 5.75 Å². The molecule has 4 nitrogen and oxygen atoms in total. The van der Waals surface area contributed by atoms with E-state index < -0.39 is 0 Å². The summed E-state index contributed by atoms with van der Waals surface area (Å²) in [7, 11) is 3.65. The highest BCUT2D eigenvalue weighted by atomic mass is 35.5. The summed E-state index contributed by atoms with van der Waals surface area (Å²) in [6, 6.07) is 13.2. The number of rotatable bonds is 6. The average Bonchev–Trinajstić information content (AvgIpc) is 2.47. The Labute approximate surface area is 142 Å². The van der Waals surface area contributed by atoms with E-state index in [1.807, 2.05) is 38.2 Å². The number of carbonyl (C=O) groups is 1. The smallest absolute Gasteiger partial charge is 0.279 e. The summed E-state index contributed by atoms with van der Waals surface area (Å²) in [5.41, 5.74) is 2.99. The van der Waals surface area contributed by atoms with Gasteiger partial charge in [-0.3, -0.25) is 4.79 Å². The Hall–Kier alpha value is -2.04. The molecule has 0 fully saturated rings. The van der Waals surface area contributed by atoms with Crippen LogP contribution in [0.3, 0.4) is 0 Å². The van der Waals surface area contributed by atoms with Gasteiger partial charge < -0.3 is 15.0 Å². The number of aryl methyl sites for hydroxylation is 1. The monoisotopic (exact) mass is 333 g/mol. The third-order valence-electron chi connectivity index (χ3n) is 3.50. The molecule has 2 aromatic rings. The number of hydrogen-bond donors (Lipinski definition) is 2. The zero-order chi connectivity index (χ0) is 16.8. The highest BCUT2D eigenvalue weighted by Crippen LogP contribution is 2.18. The van der Waals surface area contributed by atoms with Crippen LogP contribution < -0.4 is 15.0 Å². The van der Waals surface area contributed by atoms with Crippen LogP contribution in [0, 0.1) is 6.92 Å². The van der Waals surface area contributed by atoms with E-state index in [0.29, 0.717) is 23.8 Å². The summed E-state index contributed by atoms with van der Waals surface area (Å²) in [6.45, 7) is 3.13. The molecule has 0 bridgehead atoms. The molecular formula is C18H22ClN2O2+. The van der Waals surface area contributed by atoms with Crippen molar-refractivity contribution in [3.05, 3.63) is 58.6 Å². The van der Waals surface area contributed by atoms with Gasteiger partial charge in [0.15, 0.2) is 6.54 Å². The number of hydrogen-bond acceptors (Lipinski definition) is 2. The van der Waals surface area contributed by atoms with E-state index in [-0.39, 0.29) is 5.91 Å². The standard InChI is InChI=1S/C18H21ClN2O2/c1-13-7-8-17(23-3)14(9-13)11-21(2)12-18(22)20-16-6-4-5-15(19)10-16/h4-10H,11-12H2,1-3H3,(H,20,22)/p+1. The van der Waals surface area contributed by atoms with E-state index in [1.165, 1.54) is 5.56 Å². The molecule has 122 valence electrons. The fraction of sp³-hybridized carbons (Fsp3) is 0.278. The lowest BCUT2D eigenvalue weighted by molar-refractivity contribution is -0.885. The van der Waals surface area contributed by atoms with Crippen molar-refractivity contribution in [1.82, 2.24) is 0 Å². The first-order valence-corrected chi connectivity index (χ1v) is 7.86. The summed E-state index contributed by atoms with van der Waals surface area (Å²) >= 11 is 5.92. The third-order valence-corrected chi connectivity index (χ3v) is 3.73. The molecule has 0 saturated carbocycles. The van der Waals surface area contributed by atoms with E-state index in [9.17, 15) is 4.79 Å². The molecule has 2 rings (SSSR count). The fourth-order valence-corrected chi connectivity index (χ4v) is 2.67. The molecule has 2 N–H and O–H groups in total. The lowest BCUT2D eigenvalue weighted by Gasteiger charge is -2.16. The molecule has 5 heteroatoms. The minimum absolute atomic E-state index is 0.0450. The fourth-order valence-electron chi connectivity index (χ4n) is 2.48. The lowest BCUT2D eigenvalue weighted by Crippen LogP contribution is -3.08. The maximum atomic E-state index is 12.1. The van der Waals surface area contributed by atoms with Crippen LogP contribution >= 0.6 is 11.6 Å². The Kier molecular flexibility index (Phi) is 6.02. The molecular weight excluding hydrogens is 312 g/mol. The number of likely N-dealkylation sites (N-methyl/N-ethyl adjacent to an activating group) is 1. The second-order valence-corrected chi connectivity index (χ2v) is 6.12. The molecule has 2 aromatic carbocycles. The van der Waals surface area contributed by atoms with Gasteiger partial charge in [-0.1, -0.05) is 29.3 Å². The zero-order valence-electron chi connectivity index (χ0n) is 13.7. The predicted octanol–water partition coefficient (Wildman–Crippen LogP) is 2.31. The molecule has 1 atom stereocenters. The second-order valence-electron chi connectivity index (χ2n) is 5.68. The van der Waals surface area contributed by atoms with Crippen LogP contribution in [-0.2, 0) is 11.3 Å². The van der Waals surface area contributed by atoms with Crippen molar-refractivity contribution >= 4 is 23.2 Å². The molecule has 1 amide bonds. The van der Waals surface area contributed by atoms with Crippen molar-refractivity contribution in [2.75, 3.05) is 26.0 Å². The van der Waals surface area contributed by atoms with Crippen LogP contribution in [0.25, 0.3) is 0 Å². The summed E-state index contributed by atoms with van der Waals surface area (Å²) < 4.78 is 5.39. The average molecular weight is 334 g/mol. The molecule has 0 radical (unpaired) electrons. The van der Waals surface area contributed by atoms with Crippen LogP contribution in [0.1, 0.15) is 11.1 Å². The SMILES string of the molecule is COc1ccc(C)cc1C[NH+](C)CC(=O)Nc1cccc(Cl)c1.